The van der Waals surface area contributed by atoms with Gasteiger partial charge >= 0.3 is 8.56 Å². The summed E-state index contributed by atoms with van der Waals surface area (Å²) in [5, 5.41) is 0. The van der Waals surface area contributed by atoms with E-state index in [0.29, 0.717) is 0 Å². The molecule has 2 unspecified atom stereocenters. The average molecular weight is 307 g/mol. The van der Waals surface area contributed by atoms with Gasteiger partial charge in [-0.3, -0.25) is 0 Å². The van der Waals surface area contributed by atoms with Gasteiger partial charge in [0.15, 0.2) is 16.6 Å². The Balaban J connectivity index is 2.76. The van der Waals surface area contributed by atoms with Crippen LogP contribution >= 0.6 is 0 Å². The molecule has 1 heterocycles. The molecule has 0 spiro atoms. The second-order valence-electron chi connectivity index (χ2n) is 7.65. The first-order chi connectivity index (χ1) is 7.83. The van der Waals surface area contributed by atoms with Crippen LogP contribution in [0.2, 0.25) is 51.9 Å². The fourth-order valence-corrected chi connectivity index (χ4v) is 12.0. The molecule has 6 heteroatoms. The molecule has 1 aliphatic heterocycles. The molecule has 1 saturated heterocycles. The lowest BCUT2D eigenvalue weighted by atomic mass is 10.2. The first-order valence-corrected chi connectivity index (χ1v) is 16.3. The summed E-state index contributed by atoms with van der Waals surface area (Å²) in [7, 11) is -5.18. The summed E-state index contributed by atoms with van der Waals surface area (Å²) in [6.45, 7) is 17.7. The van der Waals surface area contributed by atoms with Gasteiger partial charge in [-0.05, 0) is 71.6 Å². The summed E-state index contributed by atoms with van der Waals surface area (Å²) in [6, 6.07) is 1.10. The predicted octanol–water partition coefficient (Wildman–Crippen LogP) is 4.29. The molecule has 1 rings (SSSR count). The van der Waals surface area contributed by atoms with Gasteiger partial charge in [-0.1, -0.05) is 0 Å². The van der Waals surface area contributed by atoms with E-state index in [0.717, 1.165) is 18.9 Å². The highest BCUT2D eigenvalue weighted by Crippen LogP contribution is 2.37. The van der Waals surface area contributed by atoms with Crippen LogP contribution in [0.5, 0.6) is 0 Å². The standard InChI is InChI=1S/C12H30O3Si3/c1-12(13-16(2,3)4)10-9-11-18(8,14-12)15-17(5,6)7/h9-11H2,1-8H3. The molecule has 1 aliphatic rings. The molecule has 0 saturated carbocycles. The van der Waals surface area contributed by atoms with Crippen LogP contribution in [0.1, 0.15) is 19.8 Å². The molecule has 1 fully saturated rings. The van der Waals surface area contributed by atoms with Crippen LogP contribution in [0.3, 0.4) is 0 Å². The van der Waals surface area contributed by atoms with Crippen molar-refractivity contribution in [2.75, 3.05) is 0 Å². The minimum Gasteiger partial charge on any atom is -0.436 e. The van der Waals surface area contributed by atoms with Gasteiger partial charge in [0.2, 0.25) is 0 Å². The topological polar surface area (TPSA) is 27.7 Å². The monoisotopic (exact) mass is 306 g/mol. The average Bonchev–Trinajstić information content (AvgIpc) is 1.91. The van der Waals surface area contributed by atoms with Crippen LogP contribution in [0, 0.1) is 0 Å². The normalized spacial score (nSPS) is 34.7. The van der Waals surface area contributed by atoms with Crippen molar-refractivity contribution in [2.45, 2.75) is 77.4 Å². The van der Waals surface area contributed by atoms with Gasteiger partial charge < -0.3 is 13.0 Å². The first kappa shape index (κ1) is 16.6. The van der Waals surface area contributed by atoms with Gasteiger partial charge in [0.1, 0.15) is 5.79 Å². The second kappa shape index (κ2) is 5.14. The Morgan fingerprint density at radius 1 is 1.06 bits per heavy atom. The van der Waals surface area contributed by atoms with Crippen LogP contribution in [-0.4, -0.2) is 31.0 Å². The molecule has 18 heavy (non-hydrogen) atoms. The van der Waals surface area contributed by atoms with Gasteiger partial charge in [0, 0.05) is 0 Å². The molecule has 0 bridgehead atoms. The lowest BCUT2D eigenvalue weighted by Gasteiger charge is -2.47. The first-order valence-electron chi connectivity index (χ1n) is 6.93. The molecular formula is C12H30O3Si3. The van der Waals surface area contributed by atoms with Crippen molar-refractivity contribution in [3.05, 3.63) is 0 Å². The Labute approximate surface area is 116 Å². The predicted molar refractivity (Wildman–Crippen MR) is 84.0 cm³/mol. The van der Waals surface area contributed by atoms with E-state index >= 15 is 0 Å². The Kier molecular flexibility index (Phi) is 4.74. The Morgan fingerprint density at radius 3 is 2.06 bits per heavy atom. The zero-order valence-electron chi connectivity index (χ0n) is 13.3. The maximum Gasteiger partial charge on any atom is 0.326 e. The molecule has 0 aliphatic carbocycles. The summed E-state index contributed by atoms with van der Waals surface area (Å²) in [5.74, 6) is -0.413. The van der Waals surface area contributed by atoms with Crippen molar-refractivity contribution < 1.29 is 13.0 Å². The van der Waals surface area contributed by atoms with Crippen molar-refractivity contribution in [3.8, 4) is 0 Å². The SMILES string of the molecule is CC1(O[Si](C)(C)C)CCC[Si](C)(O[Si](C)(C)C)O1. The van der Waals surface area contributed by atoms with Crippen LogP contribution in [0.15, 0.2) is 0 Å². The molecule has 3 nitrogen and oxygen atoms in total. The number of hydrogen-bond acceptors (Lipinski definition) is 3. The molecule has 0 N–H and O–H groups in total. The molecule has 0 aromatic carbocycles. The zero-order valence-corrected chi connectivity index (χ0v) is 16.3. The molecule has 2 atom stereocenters. The van der Waals surface area contributed by atoms with Crippen LogP contribution < -0.4 is 0 Å². The summed E-state index contributed by atoms with van der Waals surface area (Å²) in [4.78, 5) is 0. The third-order valence-corrected chi connectivity index (χ3v) is 10.1. The van der Waals surface area contributed by atoms with E-state index in [1.165, 1.54) is 0 Å². The van der Waals surface area contributed by atoms with Gasteiger partial charge in [-0.15, -0.1) is 0 Å². The van der Waals surface area contributed by atoms with Gasteiger partial charge in [-0.2, -0.15) is 0 Å². The van der Waals surface area contributed by atoms with Crippen molar-refractivity contribution in [3.63, 3.8) is 0 Å². The lowest BCUT2D eigenvalue weighted by molar-refractivity contribution is -0.137. The van der Waals surface area contributed by atoms with Crippen LogP contribution in [0.4, 0.5) is 0 Å². The molecule has 0 aromatic heterocycles. The summed E-state index contributed by atoms with van der Waals surface area (Å²) in [5.41, 5.74) is 0. The van der Waals surface area contributed by atoms with E-state index in [-0.39, 0.29) is 0 Å². The van der Waals surface area contributed by atoms with Gasteiger partial charge in [0.05, 0.1) is 0 Å². The molecule has 0 radical (unpaired) electrons. The van der Waals surface area contributed by atoms with Crippen LogP contribution in [0.25, 0.3) is 0 Å². The van der Waals surface area contributed by atoms with Crippen LogP contribution in [-0.2, 0) is 13.0 Å². The van der Waals surface area contributed by atoms with E-state index in [2.05, 4.69) is 52.8 Å². The third kappa shape index (κ3) is 5.66. The second-order valence-corrected chi connectivity index (χ2v) is 20.1. The minimum absolute atomic E-state index is 0.413. The molecule has 0 amide bonds. The maximum absolute atomic E-state index is 6.38. The molecular weight excluding hydrogens is 276 g/mol. The fourth-order valence-electron chi connectivity index (χ4n) is 2.73. The number of hydrogen-bond donors (Lipinski definition) is 0. The smallest absolute Gasteiger partial charge is 0.326 e. The third-order valence-electron chi connectivity index (χ3n) is 2.74. The van der Waals surface area contributed by atoms with E-state index in [1.54, 1.807) is 0 Å². The van der Waals surface area contributed by atoms with Gasteiger partial charge in [0.25, 0.3) is 0 Å². The molecule has 108 valence electrons. The Bertz CT molecular complexity index is 270. The highest BCUT2D eigenvalue weighted by molar-refractivity contribution is 6.82. The van der Waals surface area contributed by atoms with Crippen molar-refractivity contribution in [1.29, 1.82) is 0 Å². The van der Waals surface area contributed by atoms with E-state index in [1.807, 2.05) is 0 Å². The fraction of sp³-hybridized carbons (Fsp3) is 1.00. The van der Waals surface area contributed by atoms with Crippen molar-refractivity contribution in [2.24, 2.45) is 0 Å². The highest BCUT2D eigenvalue weighted by Gasteiger charge is 2.47. The van der Waals surface area contributed by atoms with E-state index in [4.69, 9.17) is 13.0 Å². The Hall–Kier alpha value is 0.531. The van der Waals surface area contributed by atoms with E-state index in [9.17, 15) is 0 Å². The summed E-state index contributed by atoms with van der Waals surface area (Å²) >= 11 is 0. The van der Waals surface area contributed by atoms with Gasteiger partial charge in [-0.25, -0.2) is 0 Å². The maximum atomic E-state index is 6.38. The molecule has 0 aromatic rings. The highest BCUT2D eigenvalue weighted by atomic mass is 28.4. The summed E-state index contributed by atoms with van der Waals surface area (Å²) < 4.78 is 19.0. The van der Waals surface area contributed by atoms with E-state index < -0.39 is 31.0 Å². The lowest BCUT2D eigenvalue weighted by Crippen LogP contribution is -2.57. The zero-order chi connectivity index (χ0) is 14.2. The Morgan fingerprint density at radius 2 is 1.61 bits per heavy atom. The quantitative estimate of drug-likeness (QED) is 0.725. The summed E-state index contributed by atoms with van der Waals surface area (Å²) in [6.07, 6.45) is 2.16. The largest absolute Gasteiger partial charge is 0.436 e. The van der Waals surface area contributed by atoms with Crippen molar-refractivity contribution in [1.82, 2.24) is 0 Å². The van der Waals surface area contributed by atoms with Crippen molar-refractivity contribution >= 4 is 25.2 Å². The minimum atomic E-state index is -2.05. The number of rotatable bonds is 4.